The van der Waals surface area contributed by atoms with Crippen LogP contribution in [-0.4, -0.2) is 59.6 Å². The van der Waals surface area contributed by atoms with Gasteiger partial charge < -0.3 is 24.8 Å². The summed E-state index contributed by atoms with van der Waals surface area (Å²) in [6.07, 6.45) is 6.93. The van der Waals surface area contributed by atoms with E-state index in [-0.39, 0.29) is 12.7 Å². The topological polar surface area (TPSA) is 79.2 Å². The van der Waals surface area contributed by atoms with Gasteiger partial charge in [-0.25, -0.2) is 0 Å². The normalized spacial score (nSPS) is 27.1. The summed E-state index contributed by atoms with van der Waals surface area (Å²) in [6, 6.07) is 0. The summed E-state index contributed by atoms with van der Waals surface area (Å²) >= 11 is 0. The van der Waals surface area contributed by atoms with Gasteiger partial charge in [0.2, 0.25) is 0 Å². The molecule has 1 aliphatic rings. The second-order valence-corrected chi connectivity index (χ2v) is 5.92. The van der Waals surface area contributed by atoms with Crippen molar-refractivity contribution in [1.82, 2.24) is 0 Å². The Labute approximate surface area is 128 Å². The highest BCUT2D eigenvalue weighted by Crippen LogP contribution is 2.20. The van der Waals surface area contributed by atoms with E-state index in [2.05, 4.69) is 6.92 Å². The monoisotopic (exact) mass is 304 g/mol. The van der Waals surface area contributed by atoms with Gasteiger partial charge in [-0.05, 0) is 6.42 Å². The van der Waals surface area contributed by atoms with Crippen LogP contribution in [-0.2, 0) is 9.47 Å². The second-order valence-electron chi connectivity index (χ2n) is 5.92. The Morgan fingerprint density at radius 1 is 1.10 bits per heavy atom. The lowest BCUT2D eigenvalue weighted by Crippen LogP contribution is -2.41. The molecule has 0 amide bonds. The summed E-state index contributed by atoms with van der Waals surface area (Å²) < 4.78 is 10.9. The molecular formula is C16H32O5. The second kappa shape index (κ2) is 11.4. The van der Waals surface area contributed by atoms with Crippen molar-refractivity contribution < 1.29 is 24.8 Å². The highest BCUT2D eigenvalue weighted by atomic mass is 16.6. The van der Waals surface area contributed by atoms with Crippen LogP contribution in [0.3, 0.4) is 0 Å². The highest BCUT2D eigenvalue weighted by molar-refractivity contribution is 4.88. The van der Waals surface area contributed by atoms with E-state index in [1.54, 1.807) is 0 Å². The summed E-state index contributed by atoms with van der Waals surface area (Å²) in [5.74, 6) is 0. The minimum absolute atomic E-state index is 0.278. The molecule has 0 radical (unpaired) electrons. The summed E-state index contributed by atoms with van der Waals surface area (Å²) in [7, 11) is 0. The first-order valence-electron chi connectivity index (χ1n) is 8.40. The fourth-order valence-corrected chi connectivity index (χ4v) is 2.67. The van der Waals surface area contributed by atoms with Crippen LogP contribution in [0, 0.1) is 0 Å². The molecule has 5 nitrogen and oxygen atoms in total. The molecule has 1 heterocycles. The molecule has 0 spiro atoms. The van der Waals surface area contributed by atoms with Crippen LogP contribution in [0.15, 0.2) is 0 Å². The van der Waals surface area contributed by atoms with E-state index in [1.165, 1.54) is 38.5 Å². The van der Waals surface area contributed by atoms with E-state index in [1.807, 2.05) is 0 Å². The molecule has 0 aromatic carbocycles. The van der Waals surface area contributed by atoms with E-state index in [0.717, 1.165) is 12.8 Å². The first-order valence-corrected chi connectivity index (χ1v) is 8.40. The van der Waals surface area contributed by atoms with Crippen molar-refractivity contribution in [2.24, 2.45) is 0 Å². The van der Waals surface area contributed by atoms with Gasteiger partial charge in [0.15, 0.2) is 0 Å². The van der Waals surface area contributed by atoms with E-state index >= 15 is 0 Å². The van der Waals surface area contributed by atoms with Gasteiger partial charge in [-0.1, -0.05) is 51.9 Å². The summed E-state index contributed by atoms with van der Waals surface area (Å²) in [5.41, 5.74) is 0. The molecule has 0 aliphatic carbocycles. The predicted octanol–water partition coefficient (Wildman–Crippen LogP) is 1.63. The van der Waals surface area contributed by atoms with Crippen LogP contribution < -0.4 is 0 Å². The van der Waals surface area contributed by atoms with Crippen molar-refractivity contribution in [3.8, 4) is 0 Å². The van der Waals surface area contributed by atoms with Crippen molar-refractivity contribution in [2.75, 3.05) is 19.8 Å². The summed E-state index contributed by atoms with van der Waals surface area (Å²) in [4.78, 5) is 0. The van der Waals surface area contributed by atoms with Gasteiger partial charge in [0.25, 0.3) is 0 Å². The molecule has 0 aromatic heterocycles. The Morgan fingerprint density at radius 2 is 1.71 bits per heavy atom. The van der Waals surface area contributed by atoms with E-state index in [9.17, 15) is 10.2 Å². The van der Waals surface area contributed by atoms with Crippen LogP contribution in [0.4, 0.5) is 0 Å². The summed E-state index contributed by atoms with van der Waals surface area (Å²) in [5, 5.41) is 28.3. The molecule has 1 aliphatic heterocycles. The van der Waals surface area contributed by atoms with Crippen molar-refractivity contribution in [2.45, 2.75) is 82.7 Å². The number of rotatable bonds is 12. The molecule has 1 fully saturated rings. The molecule has 3 N–H and O–H groups in total. The third kappa shape index (κ3) is 7.06. The zero-order valence-electron chi connectivity index (χ0n) is 13.2. The van der Waals surface area contributed by atoms with Crippen LogP contribution >= 0.6 is 0 Å². The molecule has 0 aromatic rings. The van der Waals surface area contributed by atoms with Crippen molar-refractivity contribution >= 4 is 0 Å². The van der Waals surface area contributed by atoms with Gasteiger partial charge in [0.05, 0.1) is 13.2 Å². The Morgan fingerprint density at radius 3 is 2.33 bits per heavy atom. The first-order chi connectivity index (χ1) is 10.2. The summed E-state index contributed by atoms with van der Waals surface area (Å²) in [6.45, 7) is 2.71. The first kappa shape index (κ1) is 18.8. The Kier molecular flexibility index (Phi) is 10.2. The van der Waals surface area contributed by atoms with Crippen LogP contribution in [0.1, 0.15) is 58.3 Å². The van der Waals surface area contributed by atoms with Gasteiger partial charge in [0, 0.05) is 6.61 Å². The lowest BCUT2D eigenvalue weighted by atomic mass is 10.1. The molecule has 126 valence electrons. The van der Waals surface area contributed by atoms with Crippen LogP contribution in [0.25, 0.3) is 0 Å². The van der Waals surface area contributed by atoms with E-state index < -0.39 is 24.9 Å². The zero-order chi connectivity index (χ0) is 15.5. The van der Waals surface area contributed by atoms with Gasteiger partial charge in [0.1, 0.15) is 24.4 Å². The fourth-order valence-electron chi connectivity index (χ4n) is 2.67. The molecule has 4 atom stereocenters. The molecule has 0 unspecified atom stereocenters. The Bertz CT molecular complexity index is 249. The maximum Gasteiger partial charge on any atom is 0.114 e. The van der Waals surface area contributed by atoms with Gasteiger partial charge in [-0.2, -0.15) is 0 Å². The molecule has 0 bridgehead atoms. The maximum absolute atomic E-state index is 9.95. The minimum Gasteiger partial charge on any atom is -0.394 e. The highest BCUT2D eigenvalue weighted by Gasteiger charge is 2.40. The number of hydrogen-bond donors (Lipinski definition) is 3. The smallest absolute Gasteiger partial charge is 0.114 e. The lowest BCUT2D eigenvalue weighted by molar-refractivity contribution is -0.0730. The third-order valence-corrected chi connectivity index (χ3v) is 4.07. The van der Waals surface area contributed by atoms with Gasteiger partial charge in [-0.15, -0.1) is 0 Å². The lowest BCUT2D eigenvalue weighted by Gasteiger charge is -2.20. The average molecular weight is 304 g/mol. The Balaban J connectivity index is 1.98. The number of hydrogen-bond acceptors (Lipinski definition) is 5. The molecule has 1 saturated heterocycles. The van der Waals surface area contributed by atoms with Crippen molar-refractivity contribution in [3.63, 3.8) is 0 Å². The minimum atomic E-state index is -1.04. The van der Waals surface area contributed by atoms with Gasteiger partial charge >= 0.3 is 0 Å². The number of ether oxygens (including phenoxy) is 2. The quantitative estimate of drug-likeness (QED) is 0.478. The SMILES string of the molecule is CCCCCCCCCCO[C@@H]1CO[C@H]([C@@H](O)CO)[C@@H]1O. The molecule has 1 rings (SSSR count). The number of unbranched alkanes of at least 4 members (excludes halogenated alkanes) is 7. The van der Waals surface area contributed by atoms with E-state index in [4.69, 9.17) is 14.6 Å². The predicted molar refractivity (Wildman–Crippen MR) is 81.2 cm³/mol. The largest absolute Gasteiger partial charge is 0.394 e. The van der Waals surface area contributed by atoms with Crippen molar-refractivity contribution in [1.29, 1.82) is 0 Å². The maximum atomic E-state index is 9.95. The van der Waals surface area contributed by atoms with Gasteiger partial charge in [-0.3, -0.25) is 0 Å². The molecule has 21 heavy (non-hydrogen) atoms. The molecular weight excluding hydrogens is 272 g/mol. The van der Waals surface area contributed by atoms with E-state index in [0.29, 0.717) is 6.61 Å². The standard InChI is InChI=1S/C16H32O5/c1-2-3-4-5-6-7-8-9-10-20-14-12-21-16(15(14)19)13(18)11-17/h13-19H,2-12H2,1H3/t13-,14+,15+,16+/m0/s1. The van der Waals surface area contributed by atoms with Crippen LogP contribution in [0.2, 0.25) is 0 Å². The third-order valence-electron chi connectivity index (χ3n) is 4.07. The van der Waals surface area contributed by atoms with Crippen LogP contribution in [0.5, 0.6) is 0 Å². The number of aliphatic hydroxyl groups excluding tert-OH is 3. The molecule has 5 heteroatoms. The van der Waals surface area contributed by atoms with Crippen molar-refractivity contribution in [3.05, 3.63) is 0 Å². The Hall–Kier alpha value is -0.200. The fraction of sp³-hybridized carbons (Fsp3) is 1.00. The number of aliphatic hydroxyl groups is 3. The zero-order valence-corrected chi connectivity index (χ0v) is 13.2. The average Bonchev–Trinajstić information content (AvgIpc) is 2.86. The molecule has 0 saturated carbocycles.